The summed E-state index contributed by atoms with van der Waals surface area (Å²) in [4.78, 5) is 22.8. The summed E-state index contributed by atoms with van der Waals surface area (Å²) in [5.74, 6) is -0.653. The monoisotopic (exact) mass is 279 g/mol. The van der Waals surface area contributed by atoms with Crippen LogP contribution in [0.2, 0.25) is 0 Å². The highest BCUT2D eigenvalue weighted by Gasteiger charge is 2.47. The molecule has 0 bridgehead atoms. The van der Waals surface area contributed by atoms with Gasteiger partial charge in [-0.25, -0.2) is 0 Å². The van der Waals surface area contributed by atoms with E-state index in [0.717, 1.165) is 0 Å². The molecule has 110 valence electrons. The second-order valence-electron chi connectivity index (χ2n) is 6.26. The van der Waals surface area contributed by atoms with E-state index >= 15 is 0 Å². The van der Waals surface area contributed by atoms with E-state index in [4.69, 9.17) is 0 Å². The van der Waals surface area contributed by atoms with Gasteiger partial charge in [-0.3, -0.25) is 9.59 Å². The average molecular weight is 279 g/mol. The summed E-state index contributed by atoms with van der Waals surface area (Å²) < 4.78 is 38.6. The molecule has 1 saturated carbocycles. The maximum absolute atomic E-state index is 12.9. The minimum atomic E-state index is -4.47. The Hall–Kier alpha value is -1.07. The Morgan fingerprint density at radius 3 is 2.32 bits per heavy atom. The molecule has 1 aliphatic carbocycles. The highest BCUT2D eigenvalue weighted by Crippen LogP contribution is 2.33. The van der Waals surface area contributed by atoms with Crippen molar-refractivity contribution in [1.82, 2.24) is 5.32 Å². The summed E-state index contributed by atoms with van der Waals surface area (Å²) in [6.45, 7) is 4.31. The van der Waals surface area contributed by atoms with Crippen LogP contribution < -0.4 is 5.32 Å². The maximum Gasteiger partial charge on any atom is 0.409 e. The lowest BCUT2D eigenvalue weighted by Gasteiger charge is -2.33. The molecule has 2 unspecified atom stereocenters. The first-order chi connectivity index (χ1) is 8.50. The standard InChI is InChI=1S/C13H20F3NO2/c1-12(2,3)11(13(14,15)16)17-10(19)7-8-4-5-9(18)6-8/h8,11H,4-7H2,1-3H3,(H,17,19). The summed E-state index contributed by atoms with van der Waals surface area (Å²) in [7, 11) is 0. The van der Waals surface area contributed by atoms with Crippen molar-refractivity contribution in [3.05, 3.63) is 0 Å². The minimum absolute atomic E-state index is 0.00556. The van der Waals surface area contributed by atoms with Gasteiger partial charge in [0.15, 0.2) is 0 Å². The van der Waals surface area contributed by atoms with Gasteiger partial charge in [0, 0.05) is 19.3 Å². The molecule has 0 aromatic heterocycles. The Balaban J connectivity index is 2.60. The molecule has 1 N–H and O–H groups in total. The van der Waals surface area contributed by atoms with Gasteiger partial charge in [0.1, 0.15) is 11.8 Å². The number of alkyl halides is 3. The third-order valence-corrected chi connectivity index (χ3v) is 3.32. The van der Waals surface area contributed by atoms with Crippen molar-refractivity contribution in [3.8, 4) is 0 Å². The molecule has 0 spiro atoms. The molecule has 0 radical (unpaired) electrons. The molecule has 0 heterocycles. The Morgan fingerprint density at radius 1 is 1.37 bits per heavy atom. The van der Waals surface area contributed by atoms with Crippen molar-refractivity contribution < 1.29 is 22.8 Å². The first-order valence-electron chi connectivity index (χ1n) is 6.38. The largest absolute Gasteiger partial charge is 0.409 e. The molecule has 0 aromatic rings. The van der Waals surface area contributed by atoms with Gasteiger partial charge in [-0.15, -0.1) is 0 Å². The van der Waals surface area contributed by atoms with Crippen molar-refractivity contribution in [1.29, 1.82) is 0 Å². The van der Waals surface area contributed by atoms with E-state index in [1.807, 2.05) is 0 Å². The van der Waals surface area contributed by atoms with Crippen LogP contribution in [0, 0.1) is 11.3 Å². The minimum Gasteiger partial charge on any atom is -0.344 e. The normalized spacial score (nSPS) is 22.4. The molecule has 0 aromatic carbocycles. The topological polar surface area (TPSA) is 46.2 Å². The summed E-state index contributed by atoms with van der Waals surface area (Å²) in [5.41, 5.74) is -1.10. The van der Waals surface area contributed by atoms with Crippen LogP contribution in [0.4, 0.5) is 13.2 Å². The van der Waals surface area contributed by atoms with Crippen LogP contribution in [0.25, 0.3) is 0 Å². The predicted octanol–water partition coefficient (Wildman–Crippen LogP) is 2.84. The van der Waals surface area contributed by atoms with E-state index in [9.17, 15) is 22.8 Å². The summed E-state index contributed by atoms with van der Waals surface area (Å²) in [6, 6.07) is -1.87. The average Bonchev–Trinajstić information content (AvgIpc) is 2.57. The fourth-order valence-electron chi connectivity index (χ4n) is 2.34. The van der Waals surface area contributed by atoms with Gasteiger partial charge < -0.3 is 5.32 Å². The molecule has 1 rings (SSSR count). The Bertz CT molecular complexity index is 344. The van der Waals surface area contributed by atoms with E-state index in [1.165, 1.54) is 20.8 Å². The fraction of sp³-hybridized carbons (Fsp3) is 0.846. The summed E-state index contributed by atoms with van der Waals surface area (Å²) in [5, 5.41) is 2.06. The number of ketones is 1. The van der Waals surface area contributed by atoms with Crippen LogP contribution in [0.1, 0.15) is 46.5 Å². The molecule has 0 aliphatic heterocycles. The van der Waals surface area contributed by atoms with E-state index in [0.29, 0.717) is 19.3 Å². The quantitative estimate of drug-likeness (QED) is 0.863. The zero-order valence-corrected chi connectivity index (χ0v) is 11.4. The molecule has 1 amide bonds. The van der Waals surface area contributed by atoms with Gasteiger partial charge in [0.05, 0.1) is 0 Å². The summed E-state index contributed by atoms with van der Waals surface area (Å²) >= 11 is 0. The lowest BCUT2D eigenvalue weighted by Crippen LogP contribution is -2.53. The number of rotatable bonds is 3. The van der Waals surface area contributed by atoms with Crippen LogP contribution in [-0.4, -0.2) is 23.9 Å². The molecule has 1 fully saturated rings. The van der Waals surface area contributed by atoms with E-state index in [2.05, 4.69) is 5.32 Å². The number of nitrogens with one attached hydrogen (secondary N) is 1. The second-order valence-corrected chi connectivity index (χ2v) is 6.26. The van der Waals surface area contributed by atoms with E-state index in [1.54, 1.807) is 0 Å². The first-order valence-corrected chi connectivity index (χ1v) is 6.38. The number of amides is 1. The number of halogens is 3. The van der Waals surface area contributed by atoms with Crippen molar-refractivity contribution >= 4 is 11.7 Å². The fourth-order valence-corrected chi connectivity index (χ4v) is 2.34. The SMILES string of the molecule is CC(C)(C)C(NC(=O)CC1CCC(=O)C1)C(F)(F)F. The number of hydrogen-bond donors (Lipinski definition) is 1. The molecule has 3 nitrogen and oxygen atoms in total. The maximum atomic E-state index is 12.9. The van der Waals surface area contributed by atoms with Crippen LogP contribution in [-0.2, 0) is 9.59 Å². The number of carbonyl (C=O) groups is 2. The van der Waals surface area contributed by atoms with Gasteiger partial charge in [0.25, 0.3) is 0 Å². The van der Waals surface area contributed by atoms with Crippen LogP contribution in [0.15, 0.2) is 0 Å². The van der Waals surface area contributed by atoms with Gasteiger partial charge in [-0.05, 0) is 17.8 Å². The highest BCUT2D eigenvalue weighted by molar-refractivity contribution is 5.83. The lowest BCUT2D eigenvalue weighted by molar-refractivity contribution is -0.181. The molecular weight excluding hydrogens is 259 g/mol. The number of hydrogen-bond acceptors (Lipinski definition) is 2. The molecule has 19 heavy (non-hydrogen) atoms. The molecular formula is C13H20F3NO2. The third-order valence-electron chi connectivity index (χ3n) is 3.32. The number of carbonyl (C=O) groups excluding carboxylic acids is 2. The van der Waals surface area contributed by atoms with Crippen LogP contribution in [0.5, 0.6) is 0 Å². The van der Waals surface area contributed by atoms with Gasteiger partial charge >= 0.3 is 6.18 Å². The van der Waals surface area contributed by atoms with Crippen molar-refractivity contribution in [3.63, 3.8) is 0 Å². The Morgan fingerprint density at radius 2 is 1.95 bits per heavy atom. The number of Topliss-reactive ketones (excluding diaryl/α,β-unsaturated/α-hetero) is 1. The van der Waals surface area contributed by atoms with Crippen LogP contribution >= 0.6 is 0 Å². The Labute approximate surface area is 110 Å². The lowest BCUT2D eigenvalue weighted by atomic mass is 9.86. The van der Waals surface area contributed by atoms with Crippen molar-refractivity contribution in [2.75, 3.05) is 0 Å². The molecule has 0 saturated heterocycles. The highest BCUT2D eigenvalue weighted by atomic mass is 19.4. The van der Waals surface area contributed by atoms with Gasteiger partial charge in [0.2, 0.25) is 5.91 Å². The van der Waals surface area contributed by atoms with E-state index < -0.39 is 23.5 Å². The van der Waals surface area contributed by atoms with E-state index in [-0.39, 0.29) is 18.1 Å². The molecule has 2 atom stereocenters. The van der Waals surface area contributed by atoms with Crippen LogP contribution in [0.3, 0.4) is 0 Å². The zero-order valence-electron chi connectivity index (χ0n) is 11.4. The zero-order chi connectivity index (χ0) is 14.8. The smallest absolute Gasteiger partial charge is 0.344 e. The van der Waals surface area contributed by atoms with Crippen molar-refractivity contribution in [2.24, 2.45) is 11.3 Å². The van der Waals surface area contributed by atoms with Gasteiger partial charge in [-0.1, -0.05) is 20.8 Å². The Kier molecular flexibility index (Phi) is 4.63. The third kappa shape index (κ3) is 4.84. The second kappa shape index (κ2) is 5.51. The molecule has 1 aliphatic rings. The first kappa shape index (κ1) is 16.0. The predicted molar refractivity (Wildman–Crippen MR) is 64.4 cm³/mol. The summed E-state index contributed by atoms with van der Waals surface area (Å²) in [6.07, 6.45) is -3.15. The molecule has 6 heteroatoms. The van der Waals surface area contributed by atoms with Crippen molar-refractivity contribution in [2.45, 2.75) is 58.7 Å². The van der Waals surface area contributed by atoms with Gasteiger partial charge in [-0.2, -0.15) is 13.2 Å².